The van der Waals surface area contributed by atoms with Gasteiger partial charge in [0.05, 0.1) is 6.54 Å². The van der Waals surface area contributed by atoms with Crippen LogP contribution in [0.2, 0.25) is 0 Å². The number of Topliss-reactive ketones (excluding diaryl/α,β-unsaturated/α-hetero) is 1. The summed E-state index contributed by atoms with van der Waals surface area (Å²) in [6.07, 6.45) is 6.27. The summed E-state index contributed by atoms with van der Waals surface area (Å²) in [7, 11) is 0. The number of carbonyl (C=O) groups excluding carboxylic acids is 1. The largest absolute Gasteiger partial charge is 0.308 e. The van der Waals surface area contributed by atoms with Gasteiger partial charge in [-0.25, -0.2) is 4.39 Å². The average Bonchev–Trinajstić information content (AvgIpc) is 2.70. The zero-order valence-corrected chi connectivity index (χ0v) is 16.9. The van der Waals surface area contributed by atoms with Crippen LogP contribution in [-0.2, 0) is 0 Å². The number of hydrogen-bond donors (Lipinski definition) is 1. The van der Waals surface area contributed by atoms with Gasteiger partial charge < -0.3 is 10.2 Å². The maximum Gasteiger partial charge on any atom is 0.176 e. The molecule has 2 fully saturated rings. The molecule has 0 aromatic heterocycles. The number of nitrogens with zero attached hydrogens (tertiary/aromatic N) is 2. The molecule has 150 valence electrons. The van der Waals surface area contributed by atoms with Crippen molar-refractivity contribution in [1.29, 1.82) is 0 Å². The van der Waals surface area contributed by atoms with Crippen LogP contribution in [0.5, 0.6) is 0 Å². The lowest BCUT2D eigenvalue weighted by Crippen LogP contribution is -2.61. The third-order valence-electron chi connectivity index (χ3n) is 6.51. The Morgan fingerprint density at radius 3 is 2.48 bits per heavy atom. The van der Waals surface area contributed by atoms with Crippen LogP contribution in [0.15, 0.2) is 18.2 Å². The van der Waals surface area contributed by atoms with Gasteiger partial charge in [-0.3, -0.25) is 9.69 Å². The molecule has 0 atom stereocenters. The van der Waals surface area contributed by atoms with Gasteiger partial charge in [0, 0.05) is 43.8 Å². The van der Waals surface area contributed by atoms with Crippen LogP contribution in [0, 0.1) is 12.7 Å². The van der Waals surface area contributed by atoms with Gasteiger partial charge in [-0.05, 0) is 37.9 Å². The summed E-state index contributed by atoms with van der Waals surface area (Å²) in [5.41, 5.74) is 1.21. The van der Waals surface area contributed by atoms with Gasteiger partial charge in [-0.2, -0.15) is 0 Å². The molecule has 27 heavy (non-hydrogen) atoms. The Kier molecular flexibility index (Phi) is 7.01. The fraction of sp³-hybridized carbons (Fsp3) is 0.682. The van der Waals surface area contributed by atoms with E-state index in [9.17, 15) is 9.18 Å². The first-order valence-electron chi connectivity index (χ1n) is 10.5. The minimum absolute atomic E-state index is 0.0318. The summed E-state index contributed by atoms with van der Waals surface area (Å²) in [6, 6.07) is 4.76. The number of ketones is 1. The third kappa shape index (κ3) is 4.95. The topological polar surface area (TPSA) is 35.6 Å². The molecule has 3 rings (SSSR count). The molecule has 1 aliphatic heterocycles. The van der Waals surface area contributed by atoms with Crippen molar-refractivity contribution in [2.45, 2.75) is 51.5 Å². The number of rotatable bonds is 7. The highest BCUT2D eigenvalue weighted by atomic mass is 19.1. The fourth-order valence-electron chi connectivity index (χ4n) is 4.63. The molecule has 1 aromatic carbocycles. The van der Waals surface area contributed by atoms with E-state index in [0.717, 1.165) is 39.3 Å². The second-order valence-electron chi connectivity index (χ2n) is 8.20. The Morgan fingerprint density at radius 1 is 1.15 bits per heavy atom. The van der Waals surface area contributed by atoms with E-state index >= 15 is 0 Å². The van der Waals surface area contributed by atoms with Crippen molar-refractivity contribution in [2.75, 3.05) is 45.8 Å². The number of halogens is 1. The normalized spacial score (nSPS) is 21.3. The third-order valence-corrected chi connectivity index (χ3v) is 6.51. The van der Waals surface area contributed by atoms with Crippen LogP contribution >= 0.6 is 0 Å². The Labute approximate surface area is 163 Å². The van der Waals surface area contributed by atoms with Gasteiger partial charge in [0.1, 0.15) is 5.82 Å². The lowest BCUT2D eigenvalue weighted by molar-refractivity contribution is 0.00929. The minimum atomic E-state index is -0.307. The number of piperazine rings is 1. The van der Waals surface area contributed by atoms with Gasteiger partial charge in [-0.15, -0.1) is 0 Å². The molecule has 4 nitrogen and oxygen atoms in total. The number of benzene rings is 1. The Balaban J connectivity index is 1.58. The molecular weight excluding hydrogens is 341 g/mol. The zero-order chi connectivity index (χ0) is 19.3. The molecule has 1 saturated heterocycles. The summed E-state index contributed by atoms with van der Waals surface area (Å²) >= 11 is 0. The van der Waals surface area contributed by atoms with Crippen molar-refractivity contribution >= 4 is 5.78 Å². The lowest BCUT2D eigenvalue weighted by atomic mass is 9.79. The lowest BCUT2D eigenvalue weighted by Gasteiger charge is -2.50. The summed E-state index contributed by atoms with van der Waals surface area (Å²) in [5, 5.41) is 3.42. The van der Waals surface area contributed by atoms with Crippen molar-refractivity contribution in [3.63, 3.8) is 0 Å². The van der Waals surface area contributed by atoms with Crippen LogP contribution in [0.4, 0.5) is 4.39 Å². The van der Waals surface area contributed by atoms with E-state index in [-0.39, 0.29) is 23.7 Å². The molecule has 0 unspecified atom stereocenters. The maximum absolute atomic E-state index is 13.7. The summed E-state index contributed by atoms with van der Waals surface area (Å²) in [4.78, 5) is 17.6. The fourth-order valence-corrected chi connectivity index (χ4v) is 4.63. The quantitative estimate of drug-likeness (QED) is 0.742. The van der Waals surface area contributed by atoms with E-state index in [1.807, 2.05) is 0 Å². The van der Waals surface area contributed by atoms with Gasteiger partial charge in [0.25, 0.3) is 0 Å². The molecule has 1 aliphatic carbocycles. The molecule has 0 bridgehead atoms. The molecule has 1 saturated carbocycles. The number of aryl methyl sites for hydroxylation is 1. The Hall–Kier alpha value is -1.30. The first kappa shape index (κ1) is 20.4. The van der Waals surface area contributed by atoms with Gasteiger partial charge in [0.2, 0.25) is 0 Å². The first-order chi connectivity index (χ1) is 13.0. The first-order valence-corrected chi connectivity index (χ1v) is 10.5. The molecule has 1 heterocycles. The van der Waals surface area contributed by atoms with E-state index in [2.05, 4.69) is 22.0 Å². The molecule has 0 amide bonds. The monoisotopic (exact) mass is 375 g/mol. The van der Waals surface area contributed by atoms with E-state index in [0.29, 0.717) is 11.1 Å². The molecule has 0 spiro atoms. The average molecular weight is 376 g/mol. The standard InChI is InChI=1S/C22H34FN3O/c1-3-25-11-13-26(14-12-25)22(9-5-4-6-10-22)17-24-16-21(27)19-8-7-18(2)20(23)15-19/h7-8,15,24H,3-6,9-14,16-17H2,1-2H3. The molecule has 2 aliphatic rings. The SMILES string of the molecule is CCN1CCN(C2(CNCC(=O)c3ccc(C)c(F)c3)CCCCC2)CC1. The number of likely N-dealkylation sites (N-methyl/N-ethyl adjacent to an activating group) is 1. The number of nitrogens with one attached hydrogen (secondary N) is 1. The van der Waals surface area contributed by atoms with Crippen LogP contribution in [-0.4, -0.2) is 66.9 Å². The van der Waals surface area contributed by atoms with E-state index in [1.54, 1.807) is 19.1 Å². The van der Waals surface area contributed by atoms with Crippen LogP contribution in [0.25, 0.3) is 0 Å². The number of carbonyl (C=O) groups is 1. The van der Waals surface area contributed by atoms with Gasteiger partial charge in [-0.1, -0.05) is 38.3 Å². The summed E-state index contributed by atoms with van der Waals surface area (Å²) in [6.45, 7) is 10.7. The highest BCUT2D eigenvalue weighted by Gasteiger charge is 2.38. The highest BCUT2D eigenvalue weighted by molar-refractivity contribution is 5.97. The predicted molar refractivity (Wildman–Crippen MR) is 108 cm³/mol. The molecule has 1 aromatic rings. The second-order valence-corrected chi connectivity index (χ2v) is 8.20. The Bertz CT molecular complexity index is 634. The van der Waals surface area contributed by atoms with Crippen molar-refractivity contribution < 1.29 is 9.18 Å². The minimum Gasteiger partial charge on any atom is -0.308 e. The smallest absolute Gasteiger partial charge is 0.176 e. The summed E-state index contributed by atoms with van der Waals surface area (Å²) < 4.78 is 13.7. The van der Waals surface area contributed by atoms with Crippen molar-refractivity contribution in [1.82, 2.24) is 15.1 Å². The molecule has 1 N–H and O–H groups in total. The summed E-state index contributed by atoms with van der Waals surface area (Å²) in [5.74, 6) is -0.339. The van der Waals surface area contributed by atoms with E-state index in [4.69, 9.17) is 0 Å². The van der Waals surface area contributed by atoms with Crippen molar-refractivity contribution in [2.24, 2.45) is 0 Å². The Morgan fingerprint density at radius 2 is 1.85 bits per heavy atom. The molecule has 5 heteroatoms. The highest BCUT2D eigenvalue weighted by Crippen LogP contribution is 2.34. The second kappa shape index (κ2) is 9.26. The molecular formula is C22H34FN3O. The van der Waals surface area contributed by atoms with Crippen LogP contribution in [0.3, 0.4) is 0 Å². The van der Waals surface area contributed by atoms with Crippen LogP contribution in [0.1, 0.15) is 54.9 Å². The maximum atomic E-state index is 13.7. The van der Waals surface area contributed by atoms with E-state index < -0.39 is 0 Å². The predicted octanol–water partition coefficient (Wildman–Crippen LogP) is 3.25. The van der Waals surface area contributed by atoms with Crippen molar-refractivity contribution in [3.05, 3.63) is 35.1 Å². The number of hydrogen-bond acceptors (Lipinski definition) is 4. The van der Waals surface area contributed by atoms with Gasteiger partial charge >= 0.3 is 0 Å². The van der Waals surface area contributed by atoms with Crippen LogP contribution < -0.4 is 5.32 Å². The zero-order valence-electron chi connectivity index (χ0n) is 16.9. The van der Waals surface area contributed by atoms with Gasteiger partial charge in [0.15, 0.2) is 5.78 Å². The van der Waals surface area contributed by atoms with E-state index in [1.165, 1.54) is 38.2 Å². The van der Waals surface area contributed by atoms with Crippen molar-refractivity contribution in [3.8, 4) is 0 Å². The molecule has 0 radical (unpaired) electrons.